The first kappa shape index (κ1) is 30.3. The third kappa shape index (κ3) is 5.52. The largest absolute Gasteiger partial charge is 0.292 e. The van der Waals surface area contributed by atoms with Crippen LogP contribution in [0, 0.1) is 29.6 Å². The smallest absolute Gasteiger partial charge is 0.145 e. The van der Waals surface area contributed by atoms with E-state index in [0.717, 1.165) is 72.3 Å². The third-order valence-electron chi connectivity index (χ3n) is 9.15. The van der Waals surface area contributed by atoms with Crippen LogP contribution in [0.5, 0.6) is 0 Å². The highest BCUT2D eigenvalue weighted by Crippen LogP contribution is 2.46. The van der Waals surface area contributed by atoms with Gasteiger partial charge in [0, 0.05) is 22.4 Å². The molecule has 0 aliphatic heterocycles. The van der Waals surface area contributed by atoms with Crippen molar-refractivity contribution in [3.05, 3.63) is 179 Å². The summed E-state index contributed by atoms with van der Waals surface area (Å²) in [6.07, 6.45) is 4.26. The summed E-state index contributed by atoms with van der Waals surface area (Å²) in [5.74, 6) is 0.820. The lowest BCUT2D eigenvalue weighted by atomic mass is 9.89. The molecule has 0 aliphatic rings. The van der Waals surface area contributed by atoms with E-state index in [1.54, 1.807) is 0 Å². The Balaban J connectivity index is 1.43. The monoisotopic (exact) mass is 638 g/mol. The lowest BCUT2D eigenvalue weighted by Gasteiger charge is -2.17. The van der Waals surface area contributed by atoms with Gasteiger partial charge >= 0.3 is 0 Å². The Kier molecular flexibility index (Phi) is 7.82. The first-order valence-corrected chi connectivity index (χ1v) is 16.5. The number of para-hydroxylation sites is 1. The highest BCUT2D eigenvalue weighted by molar-refractivity contribution is 6.20. The number of imidazole rings is 1. The van der Waals surface area contributed by atoms with Crippen molar-refractivity contribution in [2.75, 3.05) is 0 Å². The van der Waals surface area contributed by atoms with Gasteiger partial charge < -0.3 is 0 Å². The quantitative estimate of drug-likeness (QED) is 0.170. The van der Waals surface area contributed by atoms with Crippen LogP contribution in [0.3, 0.4) is 0 Å². The van der Waals surface area contributed by atoms with E-state index in [-0.39, 0.29) is 0 Å². The fraction of sp³-hybridized carbons (Fsp3) is 0.0217. The molecule has 4 heteroatoms. The molecule has 234 valence electrons. The molecule has 0 atom stereocenters. The van der Waals surface area contributed by atoms with Gasteiger partial charge in [0.15, 0.2) is 0 Å². The maximum Gasteiger partial charge on any atom is 0.145 e. The molecule has 0 amide bonds. The number of rotatable bonds is 6. The van der Waals surface area contributed by atoms with Gasteiger partial charge in [-0.15, -0.1) is 0 Å². The fourth-order valence-corrected chi connectivity index (χ4v) is 6.64. The third-order valence-corrected chi connectivity index (χ3v) is 9.15. The zero-order valence-electron chi connectivity index (χ0n) is 27.4. The van der Waals surface area contributed by atoms with Crippen molar-refractivity contribution >= 4 is 34.0 Å². The summed E-state index contributed by atoms with van der Waals surface area (Å²) in [4.78, 5) is 5.51. The Hall–Kier alpha value is -7.01. The van der Waals surface area contributed by atoms with Gasteiger partial charge in [-0.25, -0.2) is 4.98 Å². The van der Waals surface area contributed by atoms with Crippen LogP contribution in [0.2, 0.25) is 0 Å². The maximum absolute atomic E-state index is 9.60. The first-order valence-electron chi connectivity index (χ1n) is 16.5. The van der Waals surface area contributed by atoms with Crippen LogP contribution in [0.25, 0.3) is 73.3 Å². The molecule has 8 aromatic rings. The molecule has 1 heterocycles. The minimum atomic E-state index is 0.607. The molecular weight excluding hydrogens is 609 g/mol. The fourth-order valence-electron chi connectivity index (χ4n) is 6.64. The number of hydrogen-bond acceptors (Lipinski definition) is 3. The van der Waals surface area contributed by atoms with Crippen LogP contribution in [0.4, 0.5) is 0 Å². The van der Waals surface area contributed by atoms with Crippen molar-refractivity contribution < 1.29 is 0 Å². The van der Waals surface area contributed by atoms with Gasteiger partial charge in [-0.2, -0.15) is 10.5 Å². The molecule has 4 nitrogen and oxygen atoms in total. The highest BCUT2D eigenvalue weighted by atomic mass is 15.1. The normalized spacial score (nSPS) is 11.2. The summed E-state index contributed by atoms with van der Waals surface area (Å²) in [7, 11) is 0. The van der Waals surface area contributed by atoms with Crippen LogP contribution in [0.15, 0.2) is 152 Å². The molecule has 0 unspecified atom stereocenters. The van der Waals surface area contributed by atoms with Crippen molar-refractivity contribution in [1.29, 1.82) is 10.5 Å². The lowest BCUT2D eigenvalue weighted by Crippen LogP contribution is -1.99. The van der Waals surface area contributed by atoms with E-state index in [4.69, 9.17) is 4.98 Å². The predicted octanol–water partition coefficient (Wildman–Crippen LogP) is 11.4. The molecule has 0 spiro atoms. The highest BCUT2D eigenvalue weighted by Gasteiger charge is 2.25. The van der Waals surface area contributed by atoms with E-state index in [9.17, 15) is 10.5 Å². The number of aryl methyl sites for hydroxylation is 1. The Morgan fingerprint density at radius 3 is 1.56 bits per heavy atom. The van der Waals surface area contributed by atoms with E-state index < -0.39 is 0 Å². The van der Waals surface area contributed by atoms with Crippen LogP contribution < -0.4 is 0 Å². The Morgan fingerprint density at radius 1 is 0.520 bits per heavy atom. The van der Waals surface area contributed by atoms with Gasteiger partial charge in [-0.3, -0.25) is 4.57 Å². The van der Waals surface area contributed by atoms with Crippen LogP contribution in [0.1, 0.15) is 27.8 Å². The van der Waals surface area contributed by atoms with Gasteiger partial charge in [-0.05, 0) is 76.3 Å². The van der Waals surface area contributed by atoms with Crippen molar-refractivity contribution in [3.63, 3.8) is 0 Å². The first-order chi connectivity index (χ1) is 24.6. The number of fused-ring (bicyclic) bond motifs is 2. The van der Waals surface area contributed by atoms with Crippen molar-refractivity contribution in [2.45, 2.75) is 6.92 Å². The minimum absolute atomic E-state index is 0.607. The predicted molar refractivity (Wildman–Crippen MR) is 204 cm³/mol. The SMILES string of the molecule is Cc1ccc(/C=C/c2ccc(-c3nc4c(-c5ccc(C#N)cc5)c5ccccc5c(-c5ccc(C#N)cc5)c4n3-c3ccccc3)cc2)cc1. The van der Waals surface area contributed by atoms with Crippen molar-refractivity contribution in [2.24, 2.45) is 0 Å². The summed E-state index contributed by atoms with van der Waals surface area (Å²) in [5, 5.41) is 21.3. The number of hydrogen-bond donors (Lipinski definition) is 0. The average molecular weight is 639 g/mol. The summed E-state index contributed by atoms with van der Waals surface area (Å²) >= 11 is 0. The maximum atomic E-state index is 9.60. The molecule has 0 fully saturated rings. The second-order valence-electron chi connectivity index (χ2n) is 12.3. The molecule has 0 saturated carbocycles. The van der Waals surface area contributed by atoms with Gasteiger partial charge in [0.1, 0.15) is 5.82 Å². The summed E-state index contributed by atoms with van der Waals surface area (Å²) < 4.78 is 2.26. The van der Waals surface area contributed by atoms with Crippen LogP contribution >= 0.6 is 0 Å². The van der Waals surface area contributed by atoms with E-state index in [0.29, 0.717) is 11.1 Å². The van der Waals surface area contributed by atoms with Gasteiger partial charge in [0.05, 0.1) is 34.3 Å². The molecule has 1 aromatic heterocycles. The van der Waals surface area contributed by atoms with Crippen LogP contribution in [-0.4, -0.2) is 9.55 Å². The minimum Gasteiger partial charge on any atom is -0.292 e. The Bertz CT molecular complexity index is 2610. The molecule has 7 aromatic carbocycles. The van der Waals surface area contributed by atoms with E-state index in [1.807, 2.05) is 66.7 Å². The van der Waals surface area contributed by atoms with Gasteiger partial charge in [-0.1, -0.05) is 133 Å². The molecule has 0 N–H and O–H groups in total. The van der Waals surface area contributed by atoms with E-state index in [2.05, 4.69) is 121 Å². The summed E-state index contributed by atoms with van der Waals surface area (Å²) in [6, 6.07) is 55.9. The number of aromatic nitrogens is 2. The van der Waals surface area contributed by atoms with E-state index >= 15 is 0 Å². The topological polar surface area (TPSA) is 65.4 Å². The number of nitriles is 2. The van der Waals surface area contributed by atoms with Gasteiger partial charge in [0.2, 0.25) is 0 Å². The molecular formula is C46H30N4. The molecule has 0 bridgehead atoms. The second kappa shape index (κ2) is 12.9. The molecule has 8 rings (SSSR count). The molecule has 0 radical (unpaired) electrons. The number of nitrogens with zero attached hydrogens (tertiary/aromatic N) is 4. The van der Waals surface area contributed by atoms with Crippen molar-refractivity contribution in [1.82, 2.24) is 9.55 Å². The summed E-state index contributed by atoms with van der Waals surface area (Å²) in [5.41, 5.74) is 12.5. The van der Waals surface area contributed by atoms with Crippen LogP contribution in [-0.2, 0) is 0 Å². The zero-order chi connectivity index (χ0) is 34.0. The molecule has 0 saturated heterocycles. The Morgan fingerprint density at radius 2 is 1.00 bits per heavy atom. The average Bonchev–Trinajstić information content (AvgIpc) is 3.57. The lowest BCUT2D eigenvalue weighted by molar-refractivity contribution is 1.10. The molecule has 0 aliphatic carbocycles. The standard InChI is InChI=1S/C46H30N4/c1-31-11-13-32(14-12-31)15-16-33-17-27-38(28-18-33)46-49-44-42(36-23-19-34(29-47)20-24-36)40-9-5-6-10-41(40)43(37-25-21-35(30-48)22-26-37)45(44)50(46)39-7-3-2-4-8-39/h2-28H,1H3/b16-15+. The second-order valence-corrected chi connectivity index (χ2v) is 12.3. The number of benzene rings is 7. The summed E-state index contributed by atoms with van der Waals surface area (Å²) in [6.45, 7) is 2.10. The zero-order valence-corrected chi connectivity index (χ0v) is 27.4. The van der Waals surface area contributed by atoms with Gasteiger partial charge in [0.25, 0.3) is 0 Å². The Labute approximate surface area is 291 Å². The van der Waals surface area contributed by atoms with Crippen molar-refractivity contribution in [3.8, 4) is 51.5 Å². The molecule has 50 heavy (non-hydrogen) atoms. The van der Waals surface area contributed by atoms with E-state index in [1.165, 1.54) is 5.56 Å².